The summed E-state index contributed by atoms with van der Waals surface area (Å²) < 4.78 is 29.9. The quantitative estimate of drug-likeness (QED) is 0.212. The van der Waals surface area contributed by atoms with Gasteiger partial charge in [0, 0.05) is 26.2 Å². The Morgan fingerprint density at radius 2 is 2.13 bits per heavy atom. The van der Waals surface area contributed by atoms with Crippen LogP contribution in [0, 0.1) is 12.8 Å². The molecule has 0 aromatic carbocycles. The first kappa shape index (κ1) is 27.0. The Balaban J connectivity index is 0.00000450. The van der Waals surface area contributed by atoms with Crippen molar-refractivity contribution in [1.82, 2.24) is 19.9 Å². The third-order valence-corrected chi connectivity index (χ3v) is 7.16. The fourth-order valence-corrected chi connectivity index (χ4v) is 4.92. The smallest absolute Gasteiger partial charge is 0.350 e. The number of hydrogen-bond donors (Lipinski definition) is 2. The van der Waals surface area contributed by atoms with E-state index in [0.717, 1.165) is 11.4 Å². The van der Waals surface area contributed by atoms with Crippen molar-refractivity contribution in [2.45, 2.75) is 40.2 Å². The highest BCUT2D eigenvalue weighted by atomic mass is 127. The van der Waals surface area contributed by atoms with Crippen LogP contribution in [0.3, 0.4) is 0 Å². The molecule has 1 saturated heterocycles. The van der Waals surface area contributed by atoms with Gasteiger partial charge in [0.05, 0.1) is 24.6 Å². The lowest BCUT2D eigenvalue weighted by atomic mass is 10.1. The molecule has 2 unspecified atom stereocenters. The number of nitrogens with one attached hydrogen (secondary N) is 2. The number of nitrogens with zero attached hydrogens (tertiary/aromatic N) is 3. The lowest BCUT2D eigenvalue weighted by molar-refractivity contribution is 0.0531. The van der Waals surface area contributed by atoms with Gasteiger partial charge >= 0.3 is 5.97 Å². The molecular weight excluding hydrogens is 541 g/mol. The minimum absolute atomic E-state index is 0. The molecule has 172 valence electrons. The summed E-state index contributed by atoms with van der Waals surface area (Å²) in [5, 5.41) is 7.30. The van der Waals surface area contributed by atoms with Gasteiger partial charge in [0.25, 0.3) is 0 Å². The van der Waals surface area contributed by atoms with Crippen LogP contribution in [0.25, 0.3) is 0 Å². The fourth-order valence-electron chi connectivity index (χ4n) is 3.04. The first-order chi connectivity index (χ1) is 13.7. The van der Waals surface area contributed by atoms with E-state index in [1.807, 2.05) is 13.8 Å². The van der Waals surface area contributed by atoms with Crippen molar-refractivity contribution in [3.8, 4) is 0 Å². The average Bonchev–Trinajstić information content (AvgIpc) is 3.26. The van der Waals surface area contributed by atoms with Crippen LogP contribution < -0.4 is 10.6 Å². The third kappa shape index (κ3) is 7.61. The molecule has 1 aliphatic heterocycles. The zero-order valence-corrected chi connectivity index (χ0v) is 22.1. The van der Waals surface area contributed by atoms with Gasteiger partial charge in [-0.2, -0.15) is 0 Å². The number of ether oxygens (including phenoxy) is 1. The SMILES string of the molecule is CCNC(=NCC1CCN(S(C)(=O)=O)C1)NC(C)c1nc(C)c(C(=O)OCC)s1.I. The van der Waals surface area contributed by atoms with Gasteiger partial charge in [0.1, 0.15) is 9.88 Å². The molecule has 1 aromatic heterocycles. The number of aromatic nitrogens is 1. The zero-order chi connectivity index (χ0) is 21.6. The molecule has 9 nitrogen and oxygen atoms in total. The molecule has 1 fully saturated rings. The molecule has 0 amide bonds. The normalized spacial score (nSPS) is 18.6. The second-order valence-corrected chi connectivity index (χ2v) is 10.1. The minimum atomic E-state index is -3.14. The molecular formula is C18H32IN5O4S2. The van der Waals surface area contributed by atoms with Crippen molar-refractivity contribution in [3.63, 3.8) is 0 Å². The number of aryl methyl sites for hydroxylation is 1. The molecule has 1 aromatic rings. The Kier molecular flexibility index (Phi) is 11.0. The monoisotopic (exact) mass is 573 g/mol. The van der Waals surface area contributed by atoms with E-state index < -0.39 is 10.0 Å². The van der Waals surface area contributed by atoms with Crippen molar-refractivity contribution < 1.29 is 17.9 Å². The molecule has 0 aliphatic carbocycles. The van der Waals surface area contributed by atoms with Crippen LogP contribution in [0.15, 0.2) is 4.99 Å². The molecule has 0 radical (unpaired) electrons. The molecule has 0 bridgehead atoms. The summed E-state index contributed by atoms with van der Waals surface area (Å²) in [7, 11) is -3.14. The lowest BCUT2D eigenvalue weighted by Gasteiger charge is -2.17. The van der Waals surface area contributed by atoms with Crippen LogP contribution in [0.5, 0.6) is 0 Å². The Labute approximate surface area is 200 Å². The molecule has 1 aliphatic rings. The number of sulfonamides is 1. The van der Waals surface area contributed by atoms with E-state index >= 15 is 0 Å². The van der Waals surface area contributed by atoms with Gasteiger partial charge in [-0.25, -0.2) is 22.5 Å². The van der Waals surface area contributed by atoms with E-state index in [9.17, 15) is 13.2 Å². The third-order valence-electron chi connectivity index (χ3n) is 4.57. The van der Waals surface area contributed by atoms with Crippen LogP contribution >= 0.6 is 35.3 Å². The van der Waals surface area contributed by atoms with Crippen molar-refractivity contribution in [2.75, 3.05) is 39.0 Å². The topological polar surface area (TPSA) is 113 Å². The van der Waals surface area contributed by atoms with Gasteiger partial charge in [-0.15, -0.1) is 35.3 Å². The maximum absolute atomic E-state index is 12.0. The van der Waals surface area contributed by atoms with Gasteiger partial charge in [-0.1, -0.05) is 0 Å². The maximum atomic E-state index is 12.0. The van der Waals surface area contributed by atoms with Gasteiger partial charge in [0.2, 0.25) is 10.0 Å². The summed E-state index contributed by atoms with van der Waals surface area (Å²) in [6.45, 7) is 10.1. The largest absolute Gasteiger partial charge is 0.462 e. The number of thiazole rings is 1. The van der Waals surface area contributed by atoms with E-state index in [0.29, 0.717) is 49.3 Å². The molecule has 12 heteroatoms. The first-order valence-corrected chi connectivity index (χ1v) is 12.5. The molecule has 2 heterocycles. The van der Waals surface area contributed by atoms with Crippen molar-refractivity contribution >= 4 is 57.3 Å². The van der Waals surface area contributed by atoms with E-state index in [2.05, 4.69) is 20.6 Å². The summed E-state index contributed by atoms with van der Waals surface area (Å²) in [4.78, 5) is 21.7. The lowest BCUT2D eigenvalue weighted by Crippen LogP contribution is -2.39. The fraction of sp³-hybridized carbons (Fsp3) is 0.722. The highest BCUT2D eigenvalue weighted by Crippen LogP contribution is 2.24. The zero-order valence-electron chi connectivity index (χ0n) is 18.1. The average molecular weight is 574 g/mol. The second kappa shape index (κ2) is 12.2. The Hall–Kier alpha value is -0.990. The number of halogens is 1. The maximum Gasteiger partial charge on any atom is 0.350 e. The molecule has 2 rings (SSSR count). The van der Waals surface area contributed by atoms with Crippen LogP contribution in [0.4, 0.5) is 0 Å². The van der Waals surface area contributed by atoms with Gasteiger partial charge in [-0.3, -0.25) is 4.99 Å². The Bertz CT molecular complexity index is 844. The van der Waals surface area contributed by atoms with E-state index in [4.69, 9.17) is 4.74 Å². The minimum Gasteiger partial charge on any atom is -0.462 e. The predicted molar refractivity (Wildman–Crippen MR) is 130 cm³/mol. The van der Waals surface area contributed by atoms with Crippen molar-refractivity contribution in [2.24, 2.45) is 10.9 Å². The first-order valence-electron chi connectivity index (χ1n) is 9.80. The number of carbonyl (C=O) groups is 1. The van der Waals surface area contributed by atoms with E-state index in [1.54, 1.807) is 13.8 Å². The highest BCUT2D eigenvalue weighted by Gasteiger charge is 2.28. The van der Waals surface area contributed by atoms with Crippen LogP contribution in [0.2, 0.25) is 0 Å². The molecule has 30 heavy (non-hydrogen) atoms. The summed E-state index contributed by atoms with van der Waals surface area (Å²) in [5.41, 5.74) is 0.658. The summed E-state index contributed by atoms with van der Waals surface area (Å²) in [6.07, 6.45) is 2.05. The number of esters is 1. The number of carbonyl (C=O) groups excluding carboxylic acids is 1. The molecule has 0 saturated carbocycles. The molecule has 2 N–H and O–H groups in total. The van der Waals surface area contributed by atoms with Crippen LogP contribution in [-0.4, -0.2) is 68.7 Å². The summed E-state index contributed by atoms with van der Waals surface area (Å²) in [6, 6.07) is -0.143. The number of hydrogen-bond acceptors (Lipinski definition) is 7. The standard InChI is InChI=1S/C18H31N5O4S2.HI/c1-6-19-18(20-10-14-8-9-23(11-14)29(5,25)26)22-13(4)16-21-12(3)15(28-16)17(24)27-7-2;/h13-14H,6-11H2,1-5H3,(H2,19,20,22);1H. The van der Waals surface area contributed by atoms with Gasteiger partial charge in [-0.05, 0) is 40.0 Å². The van der Waals surface area contributed by atoms with E-state index in [1.165, 1.54) is 21.9 Å². The van der Waals surface area contributed by atoms with Crippen molar-refractivity contribution in [3.05, 3.63) is 15.6 Å². The van der Waals surface area contributed by atoms with Crippen LogP contribution in [0.1, 0.15) is 53.6 Å². The number of aliphatic imine (C=N–C) groups is 1. The summed E-state index contributed by atoms with van der Waals surface area (Å²) in [5.74, 6) is 0.495. The van der Waals surface area contributed by atoms with E-state index in [-0.39, 0.29) is 41.9 Å². The van der Waals surface area contributed by atoms with Crippen LogP contribution in [-0.2, 0) is 14.8 Å². The highest BCUT2D eigenvalue weighted by molar-refractivity contribution is 14.0. The molecule has 2 atom stereocenters. The Morgan fingerprint density at radius 1 is 1.43 bits per heavy atom. The second-order valence-electron chi connectivity index (χ2n) is 7.05. The van der Waals surface area contributed by atoms with Gasteiger partial charge < -0.3 is 15.4 Å². The predicted octanol–water partition coefficient (Wildman–Crippen LogP) is 2.14. The summed E-state index contributed by atoms with van der Waals surface area (Å²) >= 11 is 1.32. The number of rotatable bonds is 8. The Morgan fingerprint density at radius 3 is 2.70 bits per heavy atom. The van der Waals surface area contributed by atoms with Gasteiger partial charge in [0.15, 0.2) is 5.96 Å². The number of guanidine groups is 1. The molecule has 0 spiro atoms. The van der Waals surface area contributed by atoms with Crippen molar-refractivity contribution in [1.29, 1.82) is 0 Å².